The van der Waals surface area contributed by atoms with Gasteiger partial charge < -0.3 is 10.6 Å². The van der Waals surface area contributed by atoms with Crippen LogP contribution < -0.4 is 10.6 Å². The summed E-state index contributed by atoms with van der Waals surface area (Å²) in [5.41, 5.74) is 3.14. The molecule has 3 rings (SSSR count). The van der Waals surface area contributed by atoms with Gasteiger partial charge in [-0.05, 0) is 30.5 Å². The molecule has 0 spiro atoms. The molecule has 1 atom stereocenters. The Morgan fingerprint density at radius 1 is 0.967 bits per heavy atom. The fraction of sp³-hybridized carbons (Fsp3) is 0.417. The van der Waals surface area contributed by atoms with Gasteiger partial charge in [0.2, 0.25) is 11.8 Å². The van der Waals surface area contributed by atoms with Crippen molar-refractivity contribution >= 4 is 17.5 Å². The van der Waals surface area contributed by atoms with Crippen molar-refractivity contribution in [2.24, 2.45) is 0 Å². The number of carbonyl (C=O) groups is 2. The summed E-state index contributed by atoms with van der Waals surface area (Å²) in [6.07, 6.45) is 0.888. The van der Waals surface area contributed by atoms with Gasteiger partial charge in [0.05, 0.1) is 12.6 Å². The van der Waals surface area contributed by atoms with Gasteiger partial charge in [0.1, 0.15) is 0 Å². The molecule has 160 valence electrons. The molecule has 1 fully saturated rings. The SMILES string of the molecule is CCc1ccccc1NC(=O)CN1CCN([C@H](C)C(=O)NCc2ccccc2)CC1. The molecule has 2 aromatic rings. The van der Waals surface area contributed by atoms with Gasteiger partial charge in [0.25, 0.3) is 0 Å². The van der Waals surface area contributed by atoms with Crippen LogP contribution in [0.5, 0.6) is 0 Å². The fourth-order valence-electron chi connectivity index (χ4n) is 3.75. The van der Waals surface area contributed by atoms with Crippen LogP contribution in [0.4, 0.5) is 5.69 Å². The second-order valence-electron chi connectivity index (χ2n) is 7.75. The van der Waals surface area contributed by atoms with Gasteiger partial charge in [-0.25, -0.2) is 0 Å². The number of benzene rings is 2. The van der Waals surface area contributed by atoms with Crippen LogP contribution in [0.3, 0.4) is 0 Å². The van der Waals surface area contributed by atoms with Crippen molar-refractivity contribution in [2.45, 2.75) is 32.9 Å². The number of carbonyl (C=O) groups excluding carboxylic acids is 2. The van der Waals surface area contributed by atoms with Crippen molar-refractivity contribution in [1.82, 2.24) is 15.1 Å². The number of amides is 2. The molecule has 2 N–H and O–H groups in total. The molecule has 2 aromatic carbocycles. The lowest BCUT2D eigenvalue weighted by Crippen LogP contribution is -2.54. The van der Waals surface area contributed by atoms with Gasteiger partial charge in [-0.2, -0.15) is 0 Å². The molecule has 6 heteroatoms. The third kappa shape index (κ3) is 6.15. The highest BCUT2D eigenvalue weighted by molar-refractivity contribution is 5.93. The highest BCUT2D eigenvalue weighted by Gasteiger charge is 2.26. The van der Waals surface area contributed by atoms with E-state index in [0.29, 0.717) is 13.1 Å². The van der Waals surface area contributed by atoms with Crippen molar-refractivity contribution in [1.29, 1.82) is 0 Å². The second-order valence-corrected chi connectivity index (χ2v) is 7.75. The normalized spacial score (nSPS) is 16.1. The lowest BCUT2D eigenvalue weighted by atomic mass is 10.1. The number of anilines is 1. The monoisotopic (exact) mass is 408 g/mol. The van der Waals surface area contributed by atoms with Gasteiger partial charge in [0, 0.05) is 38.4 Å². The minimum absolute atomic E-state index is 0.0120. The number of hydrogen-bond donors (Lipinski definition) is 2. The van der Waals surface area contributed by atoms with E-state index in [-0.39, 0.29) is 17.9 Å². The maximum Gasteiger partial charge on any atom is 0.238 e. The number of hydrogen-bond acceptors (Lipinski definition) is 4. The first-order chi connectivity index (χ1) is 14.6. The first-order valence-electron chi connectivity index (χ1n) is 10.7. The Balaban J connectivity index is 1.41. The molecule has 0 unspecified atom stereocenters. The molecule has 6 nitrogen and oxygen atoms in total. The summed E-state index contributed by atoms with van der Waals surface area (Å²) in [5.74, 6) is 0.0548. The molecule has 0 aromatic heterocycles. The predicted molar refractivity (Wildman–Crippen MR) is 120 cm³/mol. The summed E-state index contributed by atoms with van der Waals surface area (Å²) in [6.45, 7) is 8.06. The summed E-state index contributed by atoms with van der Waals surface area (Å²) in [4.78, 5) is 29.3. The standard InChI is InChI=1S/C24H32N4O2/c1-3-21-11-7-8-12-22(21)26-23(29)18-27-13-15-28(16-14-27)19(2)24(30)25-17-20-9-5-4-6-10-20/h4-12,19H,3,13-18H2,1-2H3,(H,25,30)(H,26,29)/t19-/m1/s1. The Hall–Kier alpha value is -2.70. The molecule has 1 heterocycles. The Kier molecular flexibility index (Phi) is 7.99. The molecular weight excluding hydrogens is 376 g/mol. The third-order valence-electron chi connectivity index (χ3n) is 5.68. The van der Waals surface area contributed by atoms with Crippen LogP contribution in [0.1, 0.15) is 25.0 Å². The van der Waals surface area contributed by atoms with E-state index >= 15 is 0 Å². The zero-order valence-electron chi connectivity index (χ0n) is 17.9. The van der Waals surface area contributed by atoms with Gasteiger partial charge >= 0.3 is 0 Å². The van der Waals surface area contributed by atoms with E-state index in [4.69, 9.17) is 0 Å². The van der Waals surface area contributed by atoms with E-state index in [1.807, 2.05) is 61.5 Å². The first kappa shape index (κ1) is 22.0. The Labute approximate surface area is 179 Å². The Morgan fingerprint density at radius 2 is 1.63 bits per heavy atom. The molecule has 0 aliphatic carbocycles. The van der Waals surface area contributed by atoms with Crippen molar-refractivity contribution in [3.63, 3.8) is 0 Å². The molecule has 30 heavy (non-hydrogen) atoms. The smallest absolute Gasteiger partial charge is 0.238 e. The fourth-order valence-corrected chi connectivity index (χ4v) is 3.75. The summed E-state index contributed by atoms with van der Waals surface area (Å²) in [6, 6.07) is 17.7. The summed E-state index contributed by atoms with van der Waals surface area (Å²) >= 11 is 0. The number of para-hydroxylation sites is 1. The van der Waals surface area contributed by atoms with Crippen LogP contribution in [0, 0.1) is 0 Å². The largest absolute Gasteiger partial charge is 0.351 e. The summed E-state index contributed by atoms with van der Waals surface area (Å²) in [7, 11) is 0. The van der Waals surface area contributed by atoms with Crippen molar-refractivity contribution in [3.8, 4) is 0 Å². The highest BCUT2D eigenvalue weighted by Crippen LogP contribution is 2.15. The zero-order chi connectivity index (χ0) is 21.3. The predicted octanol–water partition coefficient (Wildman–Crippen LogP) is 2.51. The lowest BCUT2D eigenvalue weighted by Gasteiger charge is -2.37. The van der Waals surface area contributed by atoms with Gasteiger partial charge in [-0.3, -0.25) is 19.4 Å². The van der Waals surface area contributed by atoms with Gasteiger partial charge in [-0.1, -0.05) is 55.5 Å². The average Bonchev–Trinajstić information content (AvgIpc) is 2.78. The molecule has 1 aliphatic rings. The average molecular weight is 409 g/mol. The lowest BCUT2D eigenvalue weighted by molar-refractivity contribution is -0.127. The van der Waals surface area contributed by atoms with Crippen molar-refractivity contribution in [2.75, 3.05) is 38.0 Å². The zero-order valence-corrected chi connectivity index (χ0v) is 17.9. The van der Waals surface area contributed by atoms with E-state index in [9.17, 15) is 9.59 Å². The van der Waals surface area contributed by atoms with Crippen LogP contribution in [-0.2, 0) is 22.6 Å². The molecular formula is C24H32N4O2. The highest BCUT2D eigenvalue weighted by atomic mass is 16.2. The van der Waals surface area contributed by atoms with Crippen molar-refractivity contribution < 1.29 is 9.59 Å². The van der Waals surface area contributed by atoms with Crippen LogP contribution >= 0.6 is 0 Å². The molecule has 0 bridgehead atoms. The summed E-state index contributed by atoms with van der Waals surface area (Å²) < 4.78 is 0. The van der Waals surface area contributed by atoms with E-state index in [1.54, 1.807) is 0 Å². The molecule has 1 saturated heterocycles. The maximum atomic E-state index is 12.5. The minimum Gasteiger partial charge on any atom is -0.351 e. The van der Waals surface area contributed by atoms with Gasteiger partial charge in [-0.15, -0.1) is 0 Å². The van der Waals surface area contributed by atoms with Crippen LogP contribution in [-0.4, -0.2) is 60.4 Å². The Bertz CT molecular complexity index is 832. The number of aryl methyl sites for hydroxylation is 1. The number of rotatable bonds is 8. The molecule has 0 radical (unpaired) electrons. The molecule has 0 saturated carbocycles. The van der Waals surface area contributed by atoms with E-state index in [2.05, 4.69) is 27.4 Å². The third-order valence-corrected chi connectivity index (χ3v) is 5.68. The Morgan fingerprint density at radius 3 is 2.33 bits per heavy atom. The number of nitrogens with one attached hydrogen (secondary N) is 2. The van der Waals surface area contributed by atoms with E-state index < -0.39 is 0 Å². The van der Waals surface area contributed by atoms with Crippen LogP contribution in [0.25, 0.3) is 0 Å². The van der Waals surface area contributed by atoms with E-state index in [1.165, 1.54) is 0 Å². The minimum atomic E-state index is -0.180. The molecule has 1 aliphatic heterocycles. The maximum absolute atomic E-state index is 12.5. The summed E-state index contributed by atoms with van der Waals surface area (Å²) in [5, 5.41) is 6.05. The topological polar surface area (TPSA) is 64.7 Å². The molecule has 2 amide bonds. The quantitative estimate of drug-likeness (QED) is 0.705. The first-order valence-corrected chi connectivity index (χ1v) is 10.7. The van der Waals surface area contributed by atoms with Crippen molar-refractivity contribution in [3.05, 3.63) is 65.7 Å². The van der Waals surface area contributed by atoms with Gasteiger partial charge in [0.15, 0.2) is 0 Å². The second kappa shape index (κ2) is 10.9. The number of piperazine rings is 1. The van der Waals surface area contributed by atoms with E-state index in [0.717, 1.165) is 49.4 Å². The van der Waals surface area contributed by atoms with Crippen LogP contribution in [0.15, 0.2) is 54.6 Å². The number of nitrogens with zero attached hydrogens (tertiary/aromatic N) is 2. The van der Waals surface area contributed by atoms with Crippen LogP contribution in [0.2, 0.25) is 0 Å².